The van der Waals surface area contributed by atoms with Crippen molar-refractivity contribution in [2.24, 2.45) is 5.73 Å². The van der Waals surface area contributed by atoms with Crippen LogP contribution in [-0.4, -0.2) is 17.9 Å². The lowest BCUT2D eigenvalue weighted by molar-refractivity contribution is -0.122. The van der Waals surface area contributed by atoms with Crippen molar-refractivity contribution >= 4 is 29.1 Å². The van der Waals surface area contributed by atoms with E-state index in [1.807, 2.05) is 0 Å². The smallest absolute Gasteiger partial charge is 0.265 e. The Hall–Kier alpha value is -2.60. The maximum absolute atomic E-state index is 13.1. The van der Waals surface area contributed by atoms with Crippen molar-refractivity contribution in [3.63, 3.8) is 0 Å². The number of benzene rings is 2. The van der Waals surface area contributed by atoms with Crippen LogP contribution in [0, 0.1) is 5.82 Å². The molecule has 2 aromatic rings. The van der Waals surface area contributed by atoms with Crippen molar-refractivity contribution in [2.75, 3.05) is 5.32 Å². The van der Waals surface area contributed by atoms with Gasteiger partial charge >= 0.3 is 0 Å². The van der Waals surface area contributed by atoms with Crippen LogP contribution in [0.4, 0.5) is 10.1 Å². The van der Waals surface area contributed by atoms with E-state index in [0.29, 0.717) is 11.3 Å². The number of anilines is 1. The van der Waals surface area contributed by atoms with Gasteiger partial charge in [0.25, 0.3) is 5.91 Å². The molecule has 1 atom stereocenters. The van der Waals surface area contributed by atoms with E-state index >= 15 is 0 Å². The standard InChI is InChI=1S/C16H14ClFN2O3/c1-9(23-12-6-7-14(18)13(17)8-12)16(22)20-11-4-2-10(3-5-11)15(19)21/h2-9H,1H3,(H2,19,21)(H,20,22)/t9-/m0/s1. The van der Waals surface area contributed by atoms with Crippen LogP contribution < -0.4 is 15.8 Å². The SMILES string of the molecule is C[C@H](Oc1ccc(F)c(Cl)c1)C(=O)Nc1ccc(C(N)=O)cc1. The number of primary amides is 1. The molecular formula is C16H14ClFN2O3. The first-order chi connectivity index (χ1) is 10.9. The minimum atomic E-state index is -0.827. The molecule has 0 aliphatic rings. The molecule has 0 saturated carbocycles. The summed E-state index contributed by atoms with van der Waals surface area (Å²) < 4.78 is 18.5. The number of amides is 2. The number of rotatable bonds is 5. The predicted molar refractivity (Wildman–Crippen MR) is 85.1 cm³/mol. The number of hydrogen-bond acceptors (Lipinski definition) is 3. The third-order valence-corrected chi connectivity index (χ3v) is 3.30. The summed E-state index contributed by atoms with van der Waals surface area (Å²) in [5.74, 6) is -1.24. The largest absolute Gasteiger partial charge is 0.481 e. The molecule has 0 saturated heterocycles. The molecule has 0 aliphatic heterocycles. The lowest BCUT2D eigenvalue weighted by atomic mass is 10.2. The van der Waals surface area contributed by atoms with Gasteiger partial charge in [-0.3, -0.25) is 9.59 Å². The van der Waals surface area contributed by atoms with Crippen molar-refractivity contribution in [2.45, 2.75) is 13.0 Å². The van der Waals surface area contributed by atoms with Gasteiger partial charge in [0.05, 0.1) is 5.02 Å². The van der Waals surface area contributed by atoms with E-state index in [-0.39, 0.29) is 10.8 Å². The van der Waals surface area contributed by atoms with E-state index in [4.69, 9.17) is 22.1 Å². The third-order valence-electron chi connectivity index (χ3n) is 3.01. The number of ether oxygens (including phenoxy) is 1. The molecule has 120 valence electrons. The maximum atomic E-state index is 13.1. The number of halogens is 2. The summed E-state index contributed by atoms with van der Waals surface area (Å²) in [5, 5.41) is 2.54. The van der Waals surface area contributed by atoms with E-state index < -0.39 is 23.7 Å². The summed E-state index contributed by atoms with van der Waals surface area (Å²) in [6.07, 6.45) is -0.827. The van der Waals surface area contributed by atoms with Gasteiger partial charge in [0.2, 0.25) is 5.91 Å². The van der Waals surface area contributed by atoms with Crippen molar-refractivity contribution in [3.8, 4) is 5.75 Å². The van der Waals surface area contributed by atoms with Gasteiger partial charge < -0.3 is 15.8 Å². The van der Waals surface area contributed by atoms with Gasteiger partial charge in [-0.25, -0.2) is 4.39 Å². The first-order valence-electron chi connectivity index (χ1n) is 6.69. The van der Waals surface area contributed by atoms with Crippen LogP contribution in [0.1, 0.15) is 17.3 Å². The fourth-order valence-electron chi connectivity index (χ4n) is 1.77. The van der Waals surface area contributed by atoms with Crippen LogP contribution in [0.2, 0.25) is 5.02 Å². The highest BCUT2D eigenvalue weighted by atomic mass is 35.5. The molecule has 0 unspecified atom stereocenters. The predicted octanol–water partition coefficient (Wildman–Crippen LogP) is 2.98. The average Bonchev–Trinajstić information content (AvgIpc) is 2.51. The lowest BCUT2D eigenvalue weighted by Gasteiger charge is -2.15. The minimum Gasteiger partial charge on any atom is -0.481 e. The molecule has 23 heavy (non-hydrogen) atoms. The van der Waals surface area contributed by atoms with E-state index in [1.54, 1.807) is 19.1 Å². The van der Waals surface area contributed by atoms with Crippen LogP contribution in [0.15, 0.2) is 42.5 Å². The van der Waals surface area contributed by atoms with Crippen molar-refractivity contribution in [1.82, 2.24) is 0 Å². The molecule has 5 nitrogen and oxygen atoms in total. The molecule has 0 radical (unpaired) electrons. The molecular weight excluding hydrogens is 323 g/mol. The highest BCUT2D eigenvalue weighted by molar-refractivity contribution is 6.30. The van der Waals surface area contributed by atoms with E-state index in [1.165, 1.54) is 24.3 Å². The summed E-state index contributed by atoms with van der Waals surface area (Å²) in [4.78, 5) is 23.0. The number of carbonyl (C=O) groups is 2. The maximum Gasteiger partial charge on any atom is 0.265 e. The Kier molecular flexibility index (Phi) is 5.18. The summed E-state index contributed by atoms with van der Waals surface area (Å²) in [6, 6.07) is 9.95. The number of nitrogens with one attached hydrogen (secondary N) is 1. The van der Waals surface area contributed by atoms with Gasteiger partial charge in [0.1, 0.15) is 11.6 Å². The van der Waals surface area contributed by atoms with Gasteiger partial charge in [-0.05, 0) is 43.3 Å². The summed E-state index contributed by atoms with van der Waals surface area (Å²) >= 11 is 5.65. The second kappa shape index (κ2) is 7.11. The van der Waals surface area contributed by atoms with E-state index in [0.717, 1.165) is 6.07 Å². The van der Waals surface area contributed by atoms with Crippen molar-refractivity contribution in [1.29, 1.82) is 0 Å². The number of hydrogen-bond donors (Lipinski definition) is 2. The second-order valence-electron chi connectivity index (χ2n) is 4.77. The summed E-state index contributed by atoms with van der Waals surface area (Å²) in [7, 11) is 0. The van der Waals surface area contributed by atoms with E-state index in [2.05, 4.69) is 5.32 Å². The van der Waals surface area contributed by atoms with Gasteiger partial charge in [0.15, 0.2) is 6.10 Å². The van der Waals surface area contributed by atoms with Gasteiger partial charge in [0, 0.05) is 17.3 Å². The summed E-state index contributed by atoms with van der Waals surface area (Å²) in [5.41, 5.74) is 5.97. The third kappa shape index (κ3) is 4.43. The highest BCUT2D eigenvalue weighted by Gasteiger charge is 2.15. The monoisotopic (exact) mass is 336 g/mol. The quantitative estimate of drug-likeness (QED) is 0.880. The van der Waals surface area contributed by atoms with Gasteiger partial charge in [-0.2, -0.15) is 0 Å². The van der Waals surface area contributed by atoms with E-state index in [9.17, 15) is 14.0 Å². The first-order valence-corrected chi connectivity index (χ1v) is 7.07. The number of carbonyl (C=O) groups excluding carboxylic acids is 2. The van der Waals surface area contributed by atoms with Crippen LogP contribution in [-0.2, 0) is 4.79 Å². The Morgan fingerprint density at radius 1 is 1.22 bits per heavy atom. The van der Waals surface area contributed by atoms with Crippen molar-refractivity contribution < 1.29 is 18.7 Å². The molecule has 0 heterocycles. The average molecular weight is 337 g/mol. The Morgan fingerprint density at radius 3 is 2.43 bits per heavy atom. The molecule has 3 N–H and O–H groups in total. The molecule has 0 fully saturated rings. The highest BCUT2D eigenvalue weighted by Crippen LogP contribution is 2.22. The Balaban J connectivity index is 1.99. The van der Waals surface area contributed by atoms with Crippen LogP contribution in [0.3, 0.4) is 0 Å². The molecule has 2 amide bonds. The van der Waals surface area contributed by atoms with Crippen LogP contribution >= 0.6 is 11.6 Å². The van der Waals surface area contributed by atoms with Gasteiger partial charge in [-0.15, -0.1) is 0 Å². The zero-order valence-corrected chi connectivity index (χ0v) is 12.9. The molecule has 2 aromatic carbocycles. The Bertz CT molecular complexity index is 735. The molecule has 2 rings (SSSR count). The Labute approximate surface area is 137 Å². The second-order valence-corrected chi connectivity index (χ2v) is 5.17. The molecule has 0 spiro atoms. The fourth-order valence-corrected chi connectivity index (χ4v) is 1.94. The molecule has 7 heteroatoms. The number of nitrogens with two attached hydrogens (primary N) is 1. The van der Waals surface area contributed by atoms with Crippen LogP contribution in [0.25, 0.3) is 0 Å². The van der Waals surface area contributed by atoms with Gasteiger partial charge in [-0.1, -0.05) is 11.6 Å². The molecule has 0 aromatic heterocycles. The van der Waals surface area contributed by atoms with Crippen molar-refractivity contribution in [3.05, 3.63) is 58.9 Å². The fraction of sp³-hybridized carbons (Fsp3) is 0.125. The zero-order valence-electron chi connectivity index (χ0n) is 12.2. The molecule has 0 aliphatic carbocycles. The van der Waals surface area contributed by atoms with Crippen LogP contribution in [0.5, 0.6) is 5.75 Å². The summed E-state index contributed by atoms with van der Waals surface area (Å²) in [6.45, 7) is 1.55. The topological polar surface area (TPSA) is 81.4 Å². The molecule has 0 bridgehead atoms. The normalized spacial score (nSPS) is 11.6. The first kappa shape index (κ1) is 16.8. The lowest BCUT2D eigenvalue weighted by Crippen LogP contribution is -2.30. The Morgan fingerprint density at radius 2 is 1.87 bits per heavy atom. The minimum absolute atomic E-state index is 0.0860. The zero-order chi connectivity index (χ0) is 17.0.